The van der Waals surface area contributed by atoms with E-state index in [4.69, 9.17) is 10.5 Å². The van der Waals surface area contributed by atoms with Gasteiger partial charge in [0.1, 0.15) is 12.4 Å². The Bertz CT molecular complexity index is 955. The average molecular weight is 374 g/mol. The predicted octanol–water partition coefficient (Wildman–Crippen LogP) is 3.34. The first-order chi connectivity index (χ1) is 13.6. The van der Waals surface area contributed by atoms with Gasteiger partial charge in [-0.3, -0.25) is 9.59 Å². The Hall–Kier alpha value is -3.60. The maximum atomic E-state index is 12.4. The highest BCUT2D eigenvalue weighted by molar-refractivity contribution is 5.95. The van der Waals surface area contributed by atoms with E-state index in [-0.39, 0.29) is 12.5 Å². The molecule has 0 saturated carbocycles. The van der Waals surface area contributed by atoms with Crippen LogP contribution in [0.5, 0.6) is 5.75 Å². The average Bonchev–Trinajstić information content (AvgIpc) is 2.73. The Morgan fingerprint density at radius 3 is 2.36 bits per heavy atom. The molecule has 5 nitrogen and oxygen atoms in total. The lowest BCUT2D eigenvalue weighted by Gasteiger charge is -2.11. The summed E-state index contributed by atoms with van der Waals surface area (Å²) >= 11 is 0. The molecule has 0 bridgehead atoms. The summed E-state index contributed by atoms with van der Waals surface area (Å²) in [6.07, 6.45) is 0.777. The number of benzene rings is 3. The van der Waals surface area contributed by atoms with Gasteiger partial charge in [0.05, 0.1) is 5.56 Å². The fourth-order valence-electron chi connectivity index (χ4n) is 2.83. The Balaban J connectivity index is 1.58. The lowest BCUT2D eigenvalue weighted by Crippen LogP contribution is -2.25. The Kier molecular flexibility index (Phi) is 6.41. The van der Waals surface area contributed by atoms with Crippen molar-refractivity contribution in [3.63, 3.8) is 0 Å². The maximum absolute atomic E-state index is 12.4. The molecule has 28 heavy (non-hydrogen) atoms. The van der Waals surface area contributed by atoms with Gasteiger partial charge >= 0.3 is 0 Å². The van der Waals surface area contributed by atoms with Gasteiger partial charge in [-0.05, 0) is 41.8 Å². The van der Waals surface area contributed by atoms with Gasteiger partial charge in [-0.25, -0.2) is 0 Å². The molecule has 0 radical (unpaired) electrons. The quantitative estimate of drug-likeness (QED) is 0.634. The zero-order valence-electron chi connectivity index (χ0n) is 15.4. The lowest BCUT2D eigenvalue weighted by atomic mass is 10.1. The Labute approximate surface area is 164 Å². The number of amides is 2. The molecule has 3 rings (SSSR count). The van der Waals surface area contributed by atoms with E-state index in [1.807, 2.05) is 42.5 Å². The van der Waals surface area contributed by atoms with Crippen molar-refractivity contribution in [3.8, 4) is 5.75 Å². The van der Waals surface area contributed by atoms with Crippen LogP contribution in [0.1, 0.15) is 31.8 Å². The normalized spacial score (nSPS) is 10.3. The molecular formula is C23H22N2O3. The van der Waals surface area contributed by atoms with E-state index in [1.165, 1.54) is 5.56 Å². The lowest BCUT2D eigenvalue weighted by molar-refractivity contribution is 0.0952. The van der Waals surface area contributed by atoms with Crippen molar-refractivity contribution < 1.29 is 14.3 Å². The maximum Gasteiger partial charge on any atom is 0.252 e. The molecule has 2 amide bonds. The van der Waals surface area contributed by atoms with Crippen molar-refractivity contribution in [2.75, 3.05) is 6.54 Å². The number of carbonyl (C=O) groups is 2. The Morgan fingerprint density at radius 1 is 0.857 bits per heavy atom. The van der Waals surface area contributed by atoms with E-state index in [0.717, 1.165) is 12.0 Å². The van der Waals surface area contributed by atoms with E-state index in [9.17, 15) is 9.59 Å². The number of hydrogen-bond donors (Lipinski definition) is 2. The molecule has 0 saturated heterocycles. The van der Waals surface area contributed by atoms with Gasteiger partial charge in [-0.15, -0.1) is 0 Å². The fourth-order valence-corrected chi connectivity index (χ4v) is 2.83. The number of nitrogens with two attached hydrogens (primary N) is 1. The van der Waals surface area contributed by atoms with E-state index in [0.29, 0.717) is 23.4 Å². The van der Waals surface area contributed by atoms with Crippen molar-refractivity contribution in [1.29, 1.82) is 0 Å². The number of para-hydroxylation sites is 1. The first kappa shape index (κ1) is 19.2. The summed E-state index contributed by atoms with van der Waals surface area (Å²) in [5, 5.41) is 2.93. The highest BCUT2D eigenvalue weighted by Crippen LogP contribution is 2.19. The van der Waals surface area contributed by atoms with Crippen LogP contribution in [0.15, 0.2) is 78.9 Å². The third-order valence-electron chi connectivity index (χ3n) is 4.28. The van der Waals surface area contributed by atoms with Gasteiger partial charge in [0.15, 0.2) is 0 Å². The van der Waals surface area contributed by atoms with Gasteiger partial charge in [-0.1, -0.05) is 54.6 Å². The minimum atomic E-state index is -0.540. The second-order valence-electron chi connectivity index (χ2n) is 6.34. The number of carbonyl (C=O) groups excluding carboxylic acids is 2. The van der Waals surface area contributed by atoms with Crippen molar-refractivity contribution >= 4 is 11.8 Å². The molecule has 0 aliphatic carbocycles. The van der Waals surface area contributed by atoms with Gasteiger partial charge in [-0.2, -0.15) is 0 Å². The second-order valence-corrected chi connectivity index (χ2v) is 6.34. The first-order valence-electron chi connectivity index (χ1n) is 9.06. The fraction of sp³-hybridized carbons (Fsp3) is 0.130. The third-order valence-corrected chi connectivity index (χ3v) is 4.28. The van der Waals surface area contributed by atoms with E-state index >= 15 is 0 Å². The molecule has 0 aliphatic rings. The van der Waals surface area contributed by atoms with E-state index < -0.39 is 5.91 Å². The third kappa shape index (κ3) is 5.20. The molecule has 0 atom stereocenters. The van der Waals surface area contributed by atoms with Crippen LogP contribution in [0, 0.1) is 0 Å². The molecule has 3 aromatic carbocycles. The van der Waals surface area contributed by atoms with Crippen LogP contribution in [-0.4, -0.2) is 18.4 Å². The zero-order chi connectivity index (χ0) is 19.8. The molecule has 0 heterocycles. The minimum absolute atomic E-state index is 0.129. The first-order valence-corrected chi connectivity index (χ1v) is 9.06. The molecule has 0 aliphatic heterocycles. The molecule has 0 unspecified atom stereocenters. The standard InChI is InChI=1S/C23H22N2O3/c24-22(26)20-11-4-5-12-21(20)28-16-18-9-6-10-19(15-18)23(27)25-14-13-17-7-2-1-3-8-17/h1-12,15H,13-14,16H2,(H2,24,26)(H,25,27). The molecular weight excluding hydrogens is 352 g/mol. The van der Waals surface area contributed by atoms with Crippen LogP contribution in [0.2, 0.25) is 0 Å². The van der Waals surface area contributed by atoms with Crippen LogP contribution in [0.25, 0.3) is 0 Å². The summed E-state index contributed by atoms with van der Waals surface area (Å²) in [5.41, 5.74) is 8.27. The van der Waals surface area contributed by atoms with Crippen molar-refractivity contribution in [1.82, 2.24) is 5.32 Å². The smallest absolute Gasteiger partial charge is 0.252 e. The number of hydrogen-bond acceptors (Lipinski definition) is 3. The second kappa shape index (κ2) is 9.37. The number of primary amides is 1. The summed E-state index contributed by atoms with van der Waals surface area (Å²) in [6, 6.07) is 24.1. The minimum Gasteiger partial charge on any atom is -0.488 e. The van der Waals surface area contributed by atoms with E-state index in [2.05, 4.69) is 5.32 Å². The molecule has 0 spiro atoms. The highest BCUT2D eigenvalue weighted by atomic mass is 16.5. The summed E-state index contributed by atoms with van der Waals surface area (Å²) < 4.78 is 5.73. The number of ether oxygens (including phenoxy) is 1. The van der Waals surface area contributed by atoms with Crippen molar-refractivity contribution in [3.05, 3.63) is 101 Å². The summed E-state index contributed by atoms with van der Waals surface area (Å²) in [6.45, 7) is 0.797. The highest BCUT2D eigenvalue weighted by Gasteiger charge is 2.10. The molecule has 3 N–H and O–H groups in total. The van der Waals surface area contributed by atoms with Crippen LogP contribution in [0.4, 0.5) is 0 Å². The molecule has 3 aromatic rings. The van der Waals surface area contributed by atoms with Gasteiger partial charge in [0.25, 0.3) is 11.8 Å². The predicted molar refractivity (Wildman–Crippen MR) is 108 cm³/mol. The van der Waals surface area contributed by atoms with Crippen molar-refractivity contribution in [2.24, 2.45) is 5.73 Å². The zero-order valence-corrected chi connectivity index (χ0v) is 15.4. The van der Waals surface area contributed by atoms with Crippen LogP contribution in [-0.2, 0) is 13.0 Å². The summed E-state index contributed by atoms with van der Waals surface area (Å²) in [7, 11) is 0. The largest absolute Gasteiger partial charge is 0.488 e. The molecule has 0 aromatic heterocycles. The van der Waals surface area contributed by atoms with Gasteiger partial charge in [0.2, 0.25) is 0 Å². The molecule has 142 valence electrons. The topological polar surface area (TPSA) is 81.4 Å². The number of nitrogens with one attached hydrogen (secondary N) is 1. The SMILES string of the molecule is NC(=O)c1ccccc1OCc1cccc(C(=O)NCCc2ccccc2)c1. The van der Waals surface area contributed by atoms with Crippen LogP contribution >= 0.6 is 0 Å². The van der Waals surface area contributed by atoms with E-state index in [1.54, 1.807) is 36.4 Å². The summed E-state index contributed by atoms with van der Waals surface area (Å²) in [5.74, 6) is -0.245. The van der Waals surface area contributed by atoms with Crippen molar-refractivity contribution in [2.45, 2.75) is 13.0 Å². The molecule has 0 fully saturated rings. The Morgan fingerprint density at radius 2 is 1.57 bits per heavy atom. The summed E-state index contributed by atoms with van der Waals surface area (Å²) in [4.78, 5) is 23.9. The monoisotopic (exact) mass is 374 g/mol. The molecule has 5 heteroatoms. The van der Waals surface area contributed by atoms with Crippen LogP contribution < -0.4 is 15.8 Å². The van der Waals surface area contributed by atoms with Crippen LogP contribution in [0.3, 0.4) is 0 Å². The van der Waals surface area contributed by atoms with Gasteiger partial charge < -0.3 is 15.8 Å². The van der Waals surface area contributed by atoms with Gasteiger partial charge in [0, 0.05) is 12.1 Å². The number of rotatable bonds is 8.